The molecule has 1 aromatic carbocycles. The maximum absolute atomic E-state index is 13.0. The Morgan fingerprint density at radius 1 is 1.08 bits per heavy atom. The van der Waals surface area contributed by atoms with Crippen molar-refractivity contribution in [3.05, 3.63) is 63.1 Å². The first kappa shape index (κ1) is 25.9. The summed E-state index contributed by atoms with van der Waals surface area (Å²) in [5.41, 5.74) is 3.35. The van der Waals surface area contributed by atoms with E-state index in [1.54, 1.807) is 16.5 Å². The van der Waals surface area contributed by atoms with Crippen molar-refractivity contribution in [1.29, 1.82) is 0 Å². The second-order valence-corrected chi connectivity index (χ2v) is 10.4. The lowest BCUT2D eigenvalue weighted by Gasteiger charge is -2.19. The van der Waals surface area contributed by atoms with Gasteiger partial charge in [-0.1, -0.05) is 38.1 Å². The molecule has 36 heavy (non-hydrogen) atoms. The third kappa shape index (κ3) is 5.98. The van der Waals surface area contributed by atoms with E-state index in [0.29, 0.717) is 56.2 Å². The van der Waals surface area contributed by atoms with Gasteiger partial charge in [-0.15, -0.1) is 0 Å². The summed E-state index contributed by atoms with van der Waals surface area (Å²) in [5.74, 6) is 0.459. The smallest absolute Gasteiger partial charge is 0.343 e. The van der Waals surface area contributed by atoms with Crippen LogP contribution in [0.3, 0.4) is 0 Å². The summed E-state index contributed by atoms with van der Waals surface area (Å²) in [4.78, 5) is 41.7. The van der Waals surface area contributed by atoms with Crippen LogP contribution >= 0.6 is 0 Å². The average molecular weight is 496 g/mol. The minimum atomic E-state index is -0.512. The first-order chi connectivity index (χ1) is 17.2. The van der Waals surface area contributed by atoms with Gasteiger partial charge < -0.3 is 18.9 Å². The molecule has 0 aliphatic carbocycles. The van der Waals surface area contributed by atoms with Gasteiger partial charge in [0.15, 0.2) is 0 Å². The number of rotatable bonds is 8. The third-order valence-corrected chi connectivity index (χ3v) is 7.04. The number of aromatic nitrogens is 1. The van der Waals surface area contributed by atoms with E-state index in [-0.39, 0.29) is 29.7 Å². The van der Waals surface area contributed by atoms with Crippen LogP contribution in [0.5, 0.6) is 5.75 Å². The topological polar surface area (TPSA) is 81.1 Å². The van der Waals surface area contributed by atoms with E-state index in [1.807, 2.05) is 0 Å². The quantitative estimate of drug-likeness (QED) is 0.524. The molecule has 8 nitrogen and oxygen atoms in total. The Bertz CT molecular complexity index is 1160. The number of pyridine rings is 1. The Morgan fingerprint density at radius 2 is 1.81 bits per heavy atom. The van der Waals surface area contributed by atoms with E-state index in [9.17, 15) is 14.4 Å². The summed E-state index contributed by atoms with van der Waals surface area (Å²) in [6.07, 6.45) is 2.00. The van der Waals surface area contributed by atoms with E-state index in [0.717, 1.165) is 13.0 Å². The first-order valence-corrected chi connectivity index (χ1v) is 12.8. The molecule has 0 bridgehead atoms. The summed E-state index contributed by atoms with van der Waals surface area (Å²) in [7, 11) is 3.10. The number of hydrogen-bond acceptors (Lipinski definition) is 6. The number of benzene rings is 1. The van der Waals surface area contributed by atoms with Crippen LogP contribution in [0.4, 0.5) is 0 Å². The first-order valence-electron chi connectivity index (χ1n) is 12.8. The molecule has 1 amide bonds. The van der Waals surface area contributed by atoms with E-state index in [2.05, 4.69) is 43.0 Å². The molecule has 0 radical (unpaired) electrons. The van der Waals surface area contributed by atoms with Crippen LogP contribution in [-0.4, -0.2) is 66.6 Å². The van der Waals surface area contributed by atoms with Crippen molar-refractivity contribution in [1.82, 2.24) is 14.4 Å². The lowest BCUT2D eigenvalue weighted by molar-refractivity contribution is -0.126. The van der Waals surface area contributed by atoms with Gasteiger partial charge in [-0.2, -0.15) is 0 Å². The maximum Gasteiger partial charge on any atom is 0.343 e. The number of likely N-dealkylation sites (tertiary alicyclic amines) is 1. The number of hydrogen-bond donors (Lipinski definition) is 0. The number of carbonyl (C=O) groups is 2. The highest BCUT2D eigenvalue weighted by Crippen LogP contribution is 2.26. The van der Waals surface area contributed by atoms with Crippen LogP contribution in [-0.2, 0) is 35.5 Å². The molecule has 8 heteroatoms. The van der Waals surface area contributed by atoms with Crippen LogP contribution in [0.25, 0.3) is 0 Å². The van der Waals surface area contributed by atoms with Gasteiger partial charge in [0, 0.05) is 70.3 Å². The predicted octanol–water partition coefficient (Wildman–Crippen LogP) is 2.75. The zero-order chi connectivity index (χ0) is 25.8. The summed E-state index contributed by atoms with van der Waals surface area (Å²) in [5, 5.41) is 0. The zero-order valence-electron chi connectivity index (χ0n) is 21.8. The van der Waals surface area contributed by atoms with Gasteiger partial charge in [0.1, 0.15) is 11.3 Å². The molecule has 194 valence electrons. The molecule has 0 spiro atoms. The SMILES string of the molecule is COC(=O)c1c(OC[C@@H]2CC(=O)N(C)C2)cc(=O)n2c1CCN(Cc1ccc(CC(C)C)cc1)CC2. The van der Waals surface area contributed by atoms with Crippen molar-refractivity contribution in [2.45, 2.75) is 46.2 Å². The third-order valence-electron chi connectivity index (χ3n) is 7.04. The number of nitrogens with zero attached hydrogens (tertiary/aromatic N) is 3. The second kappa shape index (κ2) is 11.3. The van der Waals surface area contributed by atoms with Crippen LogP contribution in [0, 0.1) is 11.8 Å². The Morgan fingerprint density at radius 3 is 2.44 bits per heavy atom. The van der Waals surface area contributed by atoms with Crippen molar-refractivity contribution in [2.75, 3.05) is 40.4 Å². The molecule has 1 atom stereocenters. The molecular formula is C28H37N3O5. The van der Waals surface area contributed by atoms with E-state index in [4.69, 9.17) is 9.47 Å². The van der Waals surface area contributed by atoms with E-state index < -0.39 is 5.97 Å². The highest BCUT2D eigenvalue weighted by atomic mass is 16.5. The Balaban J connectivity index is 1.50. The fraction of sp³-hybridized carbons (Fsp3) is 0.536. The molecule has 2 aliphatic heterocycles. The van der Waals surface area contributed by atoms with Gasteiger partial charge >= 0.3 is 5.97 Å². The van der Waals surface area contributed by atoms with Gasteiger partial charge in [0.05, 0.1) is 13.7 Å². The summed E-state index contributed by atoms with van der Waals surface area (Å²) in [6, 6.07) is 10.1. The van der Waals surface area contributed by atoms with Crippen LogP contribution in [0.1, 0.15) is 47.4 Å². The highest BCUT2D eigenvalue weighted by Gasteiger charge is 2.30. The van der Waals surface area contributed by atoms with Gasteiger partial charge in [-0.05, 0) is 23.5 Å². The Hall–Kier alpha value is -3.13. The number of amides is 1. The molecule has 0 saturated carbocycles. The van der Waals surface area contributed by atoms with Crippen molar-refractivity contribution >= 4 is 11.9 Å². The summed E-state index contributed by atoms with van der Waals surface area (Å²) < 4.78 is 12.7. The van der Waals surface area contributed by atoms with Crippen LogP contribution in [0.2, 0.25) is 0 Å². The number of methoxy groups -OCH3 is 1. The lowest BCUT2D eigenvalue weighted by Crippen LogP contribution is -2.29. The van der Waals surface area contributed by atoms with Crippen molar-refractivity contribution in [3.63, 3.8) is 0 Å². The minimum Gasteiger partial charge on any atom is -0.492 e. The van der Waals surface area contributed by atoms with Gasteiger partial charge in [0.25, 0.3) is 5.56 Å². The number of carbonyl (C=O) groups excluding carboxylic acids is 2. The van der Waals surface area contributed by atoms with Gasteiger partial charge in [0.2, 0.25) is 5.91 Å². The number of ether oxygens (including phenoxy) is 2. The normalized spacial score (nSPS) is 18.3. The van der Waals surface area contributed by atoms with E-state index in [1.165, 1.54) is 24.3 Å². The fourth-order valence-corrected chi connectivity index (χ4v) is 5.17. The molecule has 1 fully saturated rings. The molecule has 2 aromatic rings. The number of fused-ring (bicyclic) bond motifs is 1. The number of esters is 1. The molecule has 4 rings (SSSR count). The summed E-state index contributed by atoms with van der Waals surface area (Å²) >= 11 is 0. The second-order valence-electron chi connectivity index (χ2n) is 10.4. The van der Waals surface area contributed by atoms with Gasteiger partial charge in [-0.3, -0.25) is 14.5 Å². The van der Waals surface area contributed by atoms with Crippen molar-refractivity contribution < 1.29 is 19.1 Å². The standard InChI is InChI=1S/C28H37N3O5/c1-19(2)13-20-5-7-21(8-6-20)17-30-10-9-23-27(28(34)35-4)24(15-26(33)31(23)12-11-30)36-18-22-14-25(32)29(3)16-22/h5-8,15,19,22H,9-14,16-18H2,1-4H3/t22-/m1/s1. The lowest BCUT2D eigenvalue weighted by atomic mass is 10.0. The molecule has 0 unspecified atom stereocenters. The van der Waals surface area contributed by atoms with Crippen molar-refractivity contribution in [3.8, 4) is 5.75 Å². The summed E-state index contributed by atoms with van der Waals surface area (Å²) in [6.45, 7) is 8.00. The molecule has 1 saturated heterocycles. The van der Waals surface area contributed by atoms with Crippen LogP contribution in [0.15, 0.2) is 35.1 Å². The largest absolute Gasteiger partial charge is 0.492 e. The van der Waals surface area contributed by atoms with Gasteiger partial charge in [-0.25, -0.2) is 4.79 Å². The van der Waals surface area contributed by atoms with Crippen LogP contribution < -0.4 is 10.3 Å². The monoisotopic (exact) mass is 495 g/mol. The minimum absolute atomic E-state index is 0.0250. The molecule has 0 N–H and O–H groups in total. The van der Waals surface area contributed by atoms with E-state index >= 15 is 0 Å². The molecule has 1 aromatic heterocycles. The zero-order valence-corrected chi connectivity index (χ0v) is 21.8. The fourth-order valence-electron chi connectivity index (χ4n) is 5.17. The molecular weight excluding hydrogens is 458 g/mol. The Labute approximate surface area is 212 Å². The molecule has 2 aliphatic rings. The van der Waals surface area contributed by atoms with Crippen molar-refractivity contribution in [2.24, 2.45) is 11.8 Å². The Kier molecular flexibility index (Phi) is 8.14. The predicted molar refractivity (Wildman–Crippen MR) is 137 cm³/mol. The molecule has 3 heterocycles. The average Bonchev–Trinajstić information content (AvgIpc) is 3.03. The highest BCUT2D eigenvalue weighted by molar-refractivity contribution is 5.93. The maximum atomic E-state index is 13.0.